The third-order valence-corrected chi connectivity index (χ3v) is 8.34. The fraction of sp³-hybridized carbons (Fsp3) is 0.433. The molecule has 0 aliphatic carbocycles. The topological polar surface area (TPSA) is 109 Å². The highest BCUT2D eigenvalue weighted by Crippen LogP contribution is 2.33. The van der Waals surface area contributed by atoms with Gasteiger partial charge in [0.15, 0.2) is 0 Å². The summed E-state index contributed by atoms with van der Waals surface area (Å²) in [5, 5.41) is 15.9. The van der Waals surface area contributed by atoms with Gasteiger partial charge in [-0.25, -0.2) is 4.79 Å². The zero-order chi connectivity index (χ0) is 30.3. The van der Waals surface area contributed by atoms with Gasteiger partial charge in [-0.2, -0.15) is 5.10 Å². The van der Waals surface area contributed by atoms with E-state index in [-0.39, 0.29) is 29.9 Å². The molecule has 0 spiro atoms. The van der Waals surface area contributed by atoms with Crippen molar-refractivity contribution in [3.8, 4) is 17.0 Å². The number of fused-ring (bicyclic) bond motifs is 2. The molecule has 1 unspecified atom stereocenters. The van der Waals surface area contributed by atoms with Crippen LogP contribution in [0.4, 0.5) is 13.2 Å². The number of aliphatic hydroxyl groups is 1. The SMILES string of the molecule is CC(=O)N1CCc2c(c(-c3ccc(OC(F)(F)F)cc3)nn2CC(O)CN2CCC(n3c(=O)[nH]c4ccccc43)CC2)C1. The Labute approximate surface area is 245 Å². The number of β-amino-alcohol motifs (C(OH)–C–C–N with tert-alkyl or cyclic N) is 1. The van der Waals surface area contributed by atoms with Gasteiger partial charge in [0.05, 0.1) is 29.4 Å². The normalized spacial score (nSPS) is 17.3. The molecule has 0 radical (unpaired) electrons. The monoisotopic (exact) mass is 598 g/mol. The molecule has 2 N–H and O–H groups in total. The van der Waals surface area contributed by atoms with Crippen LogP contribution < -0.4 is 10.4 Å². The van der Waals surface area contributed by atoms with Crippen molar-refractivity contribution in [3.63, 3.8) is 0 Å². The Morgan fingerprint density at radius 2 is 1.81 bits per heavy atom. The van der Waals surface area contributed by atoms with E-state index >= 15 is 0 Å². The van der Waals surface area contributed by atoms with Crippen molar-refractivity contribution < 1.29 is 27.8 Å². The number of likely N-dealkylation sites (tertiary alicyclic amines) is 1. The lowest BCUT2D eigenvalue weighted by Crippen LogP contribution is -2.42. The van der Waals surface area contributed by atoms with Gasteiger partial charge in [-0.1, -0.05) is 12.1 Å². The molecule has 2 aliphatic heterocycles. The molecular weight excluding hydrogens is 565 g/mol. The number of H-pyrrole nitrogens is 1. The third-order valence-electron chi connectivity index (χ3n) is 8.34. The highest BCUT2D eigenvalue weighted by atomic mass is 19.4. The van der Waals surface area contributed by atoms with E-state index in [1.54, 1.807) is 9.58 Å². The minimum absolute atomic E-state index is 0.0726. The molecule has 4 heterocycles. The van der Waals surface area contributed by atoms with Crippen molar-refractivity contribution in [2.75, 3.05) is 26.2 Å². The number of para-hydroxylation sites is 2. The van der Waals surface area contributed by atoms with E-state index in [1.165, 1.54) is 31.2 Å². The lowest BCUT2D eigenvalue weighted by molar-refractivity contribution is -0.274. The largest absolute Gasteiger partial charge is 0.573 e. The van der Waals surface area contributed by atoms with E-state index in [2.05, 4.69) is 14.6 Å². The van der Waals surface area contributed by atoms with E-state index in [4.69, 9.17) is 5.10 Å². The highest BCUT2D eigenvalue weighted by Gasteiger charge is 2.32. The number of aromatic amines is 1. The van der Waals surface area contributed by atoms with E-state index in [9.17, 15) is 27.9 Å². The summed E-state index contributed by atoms with van der Waals surface area (Å²) in [5.41, 5.74) is 4.50. The Bertz CT molecular complexity index is 1670. The minimum Gasteiger partial charge on any atom is -0.406 e. The Hall–Kier alpha value is -4.10. The first-order valence-corrected chi connectivity index (χ1v) is 14.4. The van der Waals surface area contributed by atoms with Gasteiger partial charge < -0.3 is 24.6 Å². The molecular formula is C30H33F3N6O4. The highest BCUT2D eigenvalue weighted by molar-refractivity contribution is 5.75. The smallest absolute Gasteiger partial charge is 0.406 e. The number of hydrogen-bond donors (Lipinski definition) is 2. The van der Waals surface area contributed by atoms with Crippen LogP contribution >= 0.6 is 0 Å². The van der Waals surface area contributed by atoms with E-state index in [1.807, 2.05) is 28.8 Å². The molecule has 6 rings (SSSR count). The Morgan fingerprint density at radius 1 is 1.09 bits per heavy atom. The quantitative estimate of drug-likeness (QED) is 0.336. The molecule has 2 aromatic heterocycles. The molecule has 43 heavy (non-hydrogen) atoms. The van der Waals surface area contributed by atoms with Crippen LogP contribution in [0.15, 0.2) is 53.3 Å². The average Bonchev–Trinajstić information content (AvgIpc) is 3.49. The van der Waals surface area contributed by atoms with Gasteiger partial charge in [0, 0.05) is 68.9 Å². The van der Waals surface area contributed by atoms with Crippen molar-refractivity contribution in [2.45, 2.75) is 57.8 Å². The molecule has 13 heteroatoms. The summed E-state index contributed by atoms with van der Waals surface area (Å²) in [5.74, 6) is -0.403. The van der Waals surface area contributed by atoms with Crippen molar-refractivity contribution >= 4 is 16.9 Å². The first-order valence-electron chi connectivity index (χ1n) is 14.4. The zero-order valence-electron chi connectivity index (χ0n) is 23.7. The number of alkyl halides is 3. The molecule has 4 aromatic rings. The third kappa shape index (κ3) is 6.18. The first kappa shape index (κ1) is 29.0. The first-order chi connectivity index (χ1) is 20.6. The number of amides is 1. The van der Waals surface area contributed by atoms with Crippen molar-refractivity contribution in [1.29, 1.82) is 0 Å². The molecule has 2 aliphatic rings. The van der Waals surface area contributed by atoms with Crippen LogP contribution in [-0.2, 0) is 24.3 Å². The summed E-state index contributed by atoms with van der Waals surface area (Å²) in [7, 11) is 0. The van der Waals surface area contributed by atoms with Crippen LogP contribution in [0.5, 0.6) is 5.75 Å². The maximum absolute atomic E-state index is 12.6. The summed E-state index contributed by atoms with van der Waals surface area (Å²) in [6, 6.07) is 13.2. The molecule has 2 aromatic carbocycles. The summed E-state index contributed by atoms with van der Waals surface area (Å²) in [6.45, 7) is 4.48. The van der Waals surface area contributed by atoms with Crippen molar-refractivity contribution in [2.24, 2.45) is 0 Å². The van der Waals surface area contributed by atoms with Crippen LogP contribution in [0.3, 0.4) is 0 Å². The summed E-state index contributed by atoms with van der Waals surface area (Å²) in [4.78, 5) is 31.6. The van der Waals surface area contributed by atoms with E-state index in [0.29, 0.717) is 37.3 Å². The molecule has 1 fully saturated rings. The number of benzene rings is 2. The number of hydrogen-bond acceptors (Lipinski definition) is 6. The number of rotatable bonds is 7. The van der Waals surface area contributed by atoms with Crippen molar-refractivity contribution in [1.82, 2.24) is 29.1 Å². The second kappa shape index (κ2) is 11.5. The summed E-state index contributed by atoms with van der Waals surface area (Å²) in [6.07, 6.45) is -3.40. The van der Waals surface area contributed by atoms with Gasteiger partial charge in [0.25, 0.3) is 0 Å². The fourth-order valence-corrected chi connectivity index (χ4v) is 6.31. The van der Waals surface area contributed by atoms with Crippen molar-refractivity contribution in [3.05, 3.63) is 70.3 Å². The zero-order valence-corrected chi connectivity index (χ0v) is 23.7. The van der Waals surface area contributed by atoms with E-state index < -0.39 is 12.5 Å². The predicted molar refractivity (Wildman–Crippen MR) is 152 cm³/mol. The van der Waals surface area contributed by atoms with Crippen LogP contribution in [-0.4, -0.2) is 78.8 Å². The van der Waals surface area contributed by atoms with Crippen LogP contribution in [0.25, 0.3) is 22.3 Å². The molecule has 1 amide bonds. The number of halogens is 3. The molecule has 1 saturated heterocycles. The summed E-state index contributed by atoms with van der Waals surface area (Å²) >= 11 is 0. The number of piperidine rings is 1. The number of nitrogens with one attached hydrogen (secondary N) is 1. The standard InChI is InChI=1S/C30H33F3N6O4/c1-19(40)37-15-12-26-24(18-37)28(20-6-8-23(9-7-20)43-30(31,32)33)35-38(26)17-22(41)16-36-13-10-21(11-14-36)39-27-5-3-2-4-25(27)34-29(39)42/h2-9,21-22,41H,10-18H2,1H3,(H,34,42). The van der Waals surface area contributed by atoms with E-state index in [0.717, 1.165) is 48.2 Å². The number of nitrogens with zero attached hydrogens (tertiary/aromatic N) is 5. The fourth-order valence-electron chi connectivity index (χ4n) is 6.31. The van der Waals surface area contributed by atoms with Gasteiger partial charge >= 0.3 is 12.1 Å². The maximum Gasteiger partial charge on any atom is 0.573 e. The number of aromatic nitrogens is 4. The lowest BCUT2D eigenvalue weighted by Gasteiger charge is -2.33. The number of imidazole rings is 1. The Morgan fingerprint density at radius 3 is 2.51 bits per heavy atom. The van der Waals surface area contributed by atoms with Crippen LogP contribution in [0.1, 0.15) is 37.1 Å². The van der Waals surface area contributed by atoms with Gasteiger partial charge in [-0.3, -0.25) is 14.0 Å². The van der Waals surface area contributed by atoms with Gasteiger partial charge in [-0.05, 0) is 49.2 Å². The molecule has 1 atom stereocenters. The number of ether oxygens (including phenoxy) is 1. The number of carbonyl (C=O) groups is 1. The molecule has 0 bridgehead atoms. The predicted octanol–water partition coefficient (Wildman–Crippen LogP) is 3.69. The molecule has 10 nitrogen and oxygen atoms in total. The number of aliphatic hydroxyl groups excluding tert-OH is 1. The average molecular weight is 599 g/mol. The lowest BCUT2D eigenvalue weighted by atomic mass is 10.0. The number of carbonyl (C=O) groups excluding carboxylic acids is 1. The van der Waals surface area contributed by atoms with Crippen LogP contribution in [0, 0.1) is 0 Å². The van der Waals surface area contributed by atoms with Gasteiger partial charge in [0.2, 0.25) is 5.91 Å². The Kier molecular flexibility index (Phi) is 7.77. The van der Waals surface area contributed by atoms with Gasteiger partial charge in [0.1, 0.15) is 5.75 Å². The molecule has 0 saturated carbocycles. The second-order valence-electron chi connectivity index (χ2n) is 11.2. The second-order valence-corrected chi connectivity index (χ2v) is 11.2. The molecule has 228 valence electrons. The van der Waals surface area contributed by atoms with Crippen LogP contribution in [0.2, 0.25) is 0 Å². The maximum atomic E-state index is 12.6. The minimum atomic E-state index is -4.79. The Balaban J connectivity index is 1.15. The van der Waals surface area contributed by atoms with Gasteiger partial charge in [-0.15, -0.1) is 13.2 Å². The summed E-state index contributed by atoms with van der Waals surface area (Å²) < 4.78 is 45.5.